The molecule has 0 spiro atoms. The van der Waals surface area contributed by atoms with Crippen molar-refractivity contribution in [1.29, 1.82) is 0 Å². The topological polar surface area (TPSA) is 176 Å². The summed E-state index contributed by atoms with van der Waals surface area (Å²) >= 11 is 0. The maximum Gasteiger partial charge on any atom is 0.155 e. The predicted octanol–water partition coefficient (Wildman–Crippen LogP) is 26.8. The van der Waals surface area contributed by atoms with Crippen molar-refractivity contribution >= 4 is 50.1 Å². The van der Waals surface area contributed by atoms with Gasteiger partial charge in [0.1, 0.15) is 0 Å². The summed E-state index contributed by atoms with van der Waals surface area (Å²) in [6, 6.07) is 94.2. The SMILES string of the molecule is CC(=O)C=C(C)O.CC(=O)C=C(C)O.CC(=O)C=C(C)O.CCCc1ccc2ccc(-c3[c-]c(C)cc(C)c3)nc2c1.Cc1[c-]c(-c2ccc3c(CC(C)C)cccc3n2)cc(C)c1.Cc1c[c-]c(-c2ccc3ccc(CC(C)C)cc3n2)cc1C.Cc1cc(C)cc(-c2ccnc(-c3[c-]cccc3)c2)c1.[Ir].[Ir].[Ir].[Ir].[c-]1ccccc1-c1ccccn1. The molecule has 14 rings (SSSR count). The van der Waals surface area contributed by atoms with Gasteiger partial charge in [0.2, 0.25) is 0 Å². The summed E-state index contributed by atoms with van der Waals surface area (Å²) in [6.45, 7) is 36.7. The van der Waals surface area contributed by atoms with Gasteiger partial charge in [-0.1, -0.05) is 203 Å². The third kappa shape index (κ3) is 37.2. The molecule has 0 aliphatic heterocycles. The van der Waals surface area contributed by atoms with Crippen LogP contribution in [0.1, 0.15) is 144 Å². The molecule has 642 valence electrons. The molecular weight excluding hydrogens is 2220 g/mol. The normalized spacial score (nSPS) is 10.6. The Morgan fingerprint density at radius 1 is 0.377 bits per heavy atom. The average Bonchev–Trinajstić information content (AvgIpc) is 0.854. The van der Waals surface area contributed by atoms with Crippen LogP contribution >= 0.6 is 0 Å². The first-order chi connectivity index (χ1) is 56.3. The quantitative estimate of drug-likeness (QED) is 0.0506. The van der Waals surface area contributed by atoms with Crippen LogP contribution in [0.5, 0.6) is 0 Å². The van der Waals surface area contributed by atoms with Crippen LogP contribution in [0.3, 0.4) is 0 Å². The fraction of sp³-hybridized carbons (Fsp3) is 0.234. The Morgan fingerprint density at radius 3 is 1.29 bits per heavy atom. The molecule has 0 saturated carbocycles. The van der Waals surface area contributed by atoms with Crippen molar-refractivity contribution in [3.8, 4) is 67.4 Å². The number of aromatic nitrogens is 5. The Hall–Kier alpha value is -10.3. The second-order valence-corrected chi connectivity index (χ2v) is 30.6. The molecule has 122 heavy (non-hydrogen) atoms. The zero-order valence-corrected chi connectivity index (χ0v) is 82.9. The molecule has 15 heteroatoms. The molecule has 5 heterocycles. The Morgan fingerprint density at radius 2 is 0.836 bits per heavy atom. The van der Waals surface area contributed by atoms with Crippen LogP contribution in [0, 0.1) is 97.6 Å². The maximum absolute atomic E-state index is 10.0. The fourth-order valence-electron chi connectivity index (χ4n) is 12.9. The van der Waals surface area contributed by atoms with Gasteiger partial charge in [0.15, 0.2) is 17.3 Å². The van der Waals surface area contributed by atoms with E-state index in [4.69, 9.17) is 30.3 Å². The largest absolute Gasteiger partial charge is 0.512 e. The smallest absolute Gasteiger partial charge is 0.155 e. The van der Waals surface area contributed by atoms with Crippen molar-refractivity contribution in [1.82, 2.24) is 24.9 Å². The third-order valence-corrected chi connectivity index (χ3v) is 17.9. The minimum absolute atomic E-state index is 0. The molecule has 0 aliphatic carbocycles. The number of carbonyl (C=O) groups is 3. The van der Waals surface area contributed by atoms with Gasteiger partial charge in [-0.3, -0.25) is 29.3 Å². The number of ketones is 3. The molecule has 14 aromatic rings. The minimum atomic E-state index is -0.125. The molecular formula is C107H112Ir4N5O6-5. The number of pyridine rings is 5. The Kier molecular flexibility index (Phi) is 47.1. The van der Waals surface area contributed by atoms with Gasteiger partial charge in [-0.05, 0) is 184 Å². The van der Waals surface area contributed by atoms with Crippen LogP contribution in [0.15, 0.2) is 272 Å². The van der Waals surface area contributed by atoms with E-state index in [2.05, 4.69) is 282 Å². The zero-order chi connectivity index (χ0) is 86.0. The van der Waals surface area contributed by atoms with Gasteiger partial charge in [0, 0.05) is 116 Å². The molecule has 9 aromatic carbocycles. The second-order valence-electron chi connectivity index (χ2n) is 30.6. The number of aliphatic hydroxyl groups is 3. The van der Waals surface area contributed by atoms with Gasteiger partial charge < -0.3 is 25.3 Å². The van der Waals surface area contributed by atoms with Crippen molar-refractivity contribution in [3.05, 3.63) is 364 Å². The van der Waals surface area contributed by atoms with Crippen molar-refractivity contribution in [2.75, 3.05) is 0 Å². The number of carbonyl (C=O) groups excluding carboxylic acids is 3. The van der Waals surface area contributed by atoms with E-state index in [1.807, 2.05) is 79.0 Å². The molecule has 0 unspecified atom stereocenters. The third-order valence-electron chi connectivity index (χ3n) is 17.9. The molecule has 0 amide bonds. The van der Waals surface area contributed by atoms with Gasteiger partial charge in [0.05, 0.1) is 33.8 Å². The first-order valence-corrected chi connectivity index (χ1v) is 40.0. The fourth-order valence-corrected chi connectivity index (χ4v) is 12.9. The van der Waals surface area contributed by atoms with E-state index in [9.17, 15) is 14.4 Å². The number of fused-ring (bicyclic) bond motifs is 3. The summed E-state index contributed by atoms with van der Waals surface area (Å²) in [6.07, 6.45) is 11.6. The van der Waals surface area contributed by atoms with Crippen molar-refractivity contribution in [2.24, 2.45) is 11.8 Å². The van der Waals surface area contributed by atoms with Crippen molar-refractivity contribution in [2.45, 2.75) is 157 Å². The summed E-state index contributed by atoms with van der Waals surface area (Å²) < 4.78 is 0. The summed E-state index contributed by atoms with van der Waals surface area (Å²) in [4.78, 5) is 53.3. The van der Waals surface area contributed by atoms with Crippen LogP contribution in [0.25, 0.3) is 100 Å². The van der Waals surface area contributed by atoms with Gasteiger partial charge in [-0.15, -0.1) is 176 Å². The maximum atomic E-state index is 10.0. The van der Waals surface area contributed by atoms with E-state index < -0.39 is 0 Å². The van der Waals surface area contributed by atoms with Crippen LogP contribution in [-0.4, -0.2) is 57.6 Å². The molecule has 11 nitrogen and oxygen atoms in total. The van der Waals surface area contributed by atoms with E-state index in [1.54, 1.807) is 6.20 Å². The van der Waals surface area contributed by atoms with Crippen molar-refractivity contribution in [3.63, 3.8) is 0 Å². The Balaban J connectivity index is 0.000000371. The molecule has 0 atom stereocenters. The molecule has 4 radical (unpaired) electrons. The Labute approximate surface area is 778 Å². The zero-order valence-electron chi connectivity index (χ0n) is 73.4. The van der Waals surface area contributed by atoms with E-state index in [-0.39, 0.29) is 115 Å². The Bertz CT molecular complexity index is 5590. The first-order valence-electron chi connectivity index (χ1n) is 40.0. The molecule has 0 bridgehead atoms. The van der Waals surface area contributed by atoms with E-state index in [1.165, 1.54) is 137 Å². The molecule has 5 aromatic heterocycles. The summed E-state index contributed by atoms with van der Waals surface area (Å²) in [5.41, 5.74) is 29.9. The molecule has 0 saturated heterocycles. The van der Waals surface area contributed by atoms with Crippen LogP contribution in [-0.2, 0) is 114 Å². The number of allylic oxidation sites excluding steroid dienone is 6. The van der Waals surface area contributed by atoms with E-state index in [0.717, 1.165) is 110 Å². The number of benzene rings is 9. The summed E-state index contributed by atoms with van der Waals surface area (Å²) in [5.74, 6) is 1.12. The van der Waals surface area contributed by atoms with Crippen LogP contribution < -0.4 is 0 Å². The van der Waals surface area contributed by atoms with Gasteiger partial charge in [-0.25, -0.2) is 0 Å². The summed E-state index contributed by atoms with van der Waals surface area (Å²) in [5, 5.41) is 28.7. The molecule has 3 N–H and O–H groups in total. The number of nitrogens with zero attached hydrogens (tertiary/aromatic N) is 5. The number of aryl methyl sites for hydroxylation is 9. The summed E-state index contributed by atoms with van der Waals surface area (Å²) in [7, 11) is 0. The predicted molar refractivity (Wildman–Crippen MR) is 491 cm³/mol. The monoisotopic (exact) mass is 2330 g/mol. The molecule has 0 aliphatic rings. The van der Waals surface area contributed by atoms with Crippen molar-refractivity contribution < 1.29 is 110 Å². The van der Waals surface area contributed by atoms with Gasteiger partial charge >= 0.3 is 0 Å². The second kappa shape index (κ2) is 54.3. The van der Waals surface area contributed by atoms with E-state index >= 15 is 0 Å². The van der Waals surface area contributed by atoms with Gasteiger partial charge in [-0.2, -0.15) is 0 Å². The number of hydrogen-bond donors (Lipinski definition) is 3. The number of rotatable bonds is 15. The van der Waals surface area contributed by atoms with Gasteiger partial charge in [0.25, 0.3) is 0 Å². The minimum Gasteiger partial charge on any atom is -0.512 e. The number of hydrogen-bond acceptors (Lipinski definition) is 11. The first kappa shape index (κ1) is 106. The molecule has 0 fully saturated rings. The van der Waals surface area contributed by atoms with Crippen LogP contribution in [0.2, 0.25) is 0 Å². The van der Waals surface area contributed by atoms with E-state index in [0.29, 0.717) is 11.8 Å². The average molecular weight is 2330 g/mol. The number of aliphatic hydroxyl groups excluding tert-OH is 3. The standard InChI is InChI=1S/2C21H22N.C20H20N.C19H16N.C11H8N.3C5H8O2.4Ir/c1-14(2)11-17-6-8-18-9-10-20(22-21(18)13-17)19-7-5-15(3)16(4)12-19;1-14(2)10-17-6-5-7-21-19(17)8-9-20(22-21)18-12-15(3)11-16(4)13-18;1-4-5-16-6-7-17-8-9-19(21-20(17)13-16)18-11-14(2)10-15(3)12-18;1-14-10-15(2)12-18(11-14)17-8-9-20-19(13-17)16-6-4-3-5-7-16;1-2-6-10(7-3-1)11-8-4-5-9-12-11;3*1-4(6)3-5(2)7;;;;/h5-6,8-10,12-14H,11H2,1-4H3;5-9,11-12,14H,10H2,1-4H3;6-11,13H,4-5H2,1-3H3;3-6,8-13H,1-2H3;1-6,8-9H;3*3,6H,1-2H3;;;;/q5*-1;;;;;;;. The van der Waals surface area contributed by atoms with Crippen LogP contribution in [0.4, 0.5) is 0 Å².